The van der Waals surface area contributed by atoms with Crippen molar-refractivity contribution in [2.75, 3.05) is 19.8 Å². The molecular weight excluding hydrogens is 234 g/mol. The van der Waals surface area contributed by atoms with E-state index in [1.165, 1.54) is 22.3 Å². The molecular formula is C17H29NO. The average Bonchev–Trinajstić information content (AvgIpc) is 2.26. The summed E-state index contributed by atoms with van der Waals surface area (Å²) in [6.07, 6.45) is 0. The van der Waals surface area contributed by atoms with E-state index < -0.39 is 0 Å². The fourth-order valence-electron chi connectivity index (χ4n) is 2.64. The van der Waals surface area contributed by atoms with Crippen molar-refractivity contribution >= 4 is 0 Å². The van der Waals surface area contributed by atoms with Gasteiger partial charge in [0, 0.05) is 19.2 Å². The molecule has 1 atom stereocenters. The van der Waals surface area contributed by atoms with Crippen LogP contribution >= 0.6 is 0 Å². The standard InChI is InChI=1S/C17H29NO/c1-12(2)11-19-8-7-18-16(6)17-14(4)9-13(3)10-15(17)5/h9-10,12,16,18H,7-8,11H2,1-6H3. The Balaban J connectivity index is 2.48. The molecule has 108 valence electrons. The fraction of sp³-hybridized carbons (Fsp3) is 0.647. The lowest BCUT2D eigenvalue weighted by Crippen LogP contribution is -2.25. The van der Waals surface area contributed by atoms with Gasteiger partial charge >= 0.3 is 0 Å². The maximum atomic E-state index is 5.60. The molecule has 1 aromatic rings. The van der Waals surface area contributed by atoms with Crippen LogP contribution in [0, 0.1) is 26.7 Å². The SMILES string of the molecule is Cc1cc(C)c(C(C)NCCOCC(C)C)c(C)c1. The van der Waals surface area contributed by atoms with Crippen LogP contribution in [0.5, 0.6) is 0 Å². The molecule has 0 spiro atoms. The third-order valence-corrected chi connectivity index (χ3v) is 3.32. The molecule has 2 heteroatoms. The molecule has 1 N–H and O–H groups in total. The largest absolute Gasteiger partial charge is 0.380 e. The first-order chi connectivity index (χ1) is 8.91. The summed E-state index contributed by atoms with van der Waals surface area (Å²) in [5, 5.41) is 3.55. The van der Waals surface area contributed by atoms with E-state index in [2.05, 4.69) is 59.0 Å². The van der Waals surface area contributed by atoms with E-state index in [1.54, 1.807) is 0 Å². The van der Waals surface area contributed by atoms with Crippen molar-refractivity contribution in [2.24, 2.45) is 5.92 Å². The summed E-state index contributed by atoms with van der Waals surface area (Å²) in [6, 6.07) is 4.90. The van der Waals surface area contributed by atoms with E-state index in [-0.39, 0.29) is 0 Å². The second-order valence-electron chi connectivity index (χ2n) is 5.96. The summed E-state index contributed by atoms with van der Waals surface area (Å²) in [4.78, 5) is 0. The van der Waals surface area contributed by atoms with E-state index in [0.717, 1.165) is 19.8 Å². The fourth-order valence-corrected chi connectivity index (χ4v) is 2.64. The topological polar surface area (TPSA) is 21.3 Å². The monoisotopic (exact) mass is 263 g/mol. The van der Waals surface area contributed by atoms with E-state index in [1.807, 2.05) is 0 Å². The summed E-state index contributed by atoms with van der Waals surface area (Å²) >= 11 is 0. The maximum Gasteiger partial charge on any atom is 0.0591 e. The Morgan fingerprint density at radius 1 is 1.05 bits per heavy atom. The van der Waals surface area contributed by atoms with Crippen LogP contribution in [-0.2, 0) is 4.74 Å². The van der Waals surface area contributed by atoms with Crippen LogP contribution < -0.4 is 5.32 Å². The van der Waals surface area contributed by atoms with E-state index in [0.29, 0.717) is 12.0 Å². The summed E-state index contributed by atoms with van der Waals surface area (Å²) < 4.78 is 5.60. The van der Waals surface area contributed by atoms with Crippen LogP contribution in [-0.4, -0.2) is 19.8 Å². The molecule has 0 aromatic heterocycles. The first-order valence-electron chi connectivity index (χ1n) is 7.30. The summed E-state index contributed by atoms with van der Waals surface area (Å²) in [5.41, 5.74) is 5.52. The van der Waals surface area contributed by atoms with E-state index >= 15 is 0 Å². The van der Waals surface area contributed by atoms with Crippen molar-refractivity contribution in [1.82, 2.24) is 5.32 Å². The van der Waals surface area contributed by atoms with Crippen molar-refractivity contribution in [3.8, 4) is 0 Å². The highest BCUT2D eigenvalue weighted by atomic mass is 16.5. The van der Waals surface area contributed by atoms with Gasteiger partial charge in [-0.3, -0.25) is 0 Å². The lowest BCUT2D eigenvalue weighted by atomic mass is 9.95. The minimum Gasteiger partial charge on any atom is -0.380 e. The highest BCUT2D eigenvalue weighted by molar-refractivity contribution is 5.39. The Kier molecular flexibility index (Phi) is 6.53. The van der Waals surface area contributed by atoms with Gasteiger partial charge in [0.2, 0.25) is 0 Å². The van der Waals surface area contributed by atoms with Crippen molar-refractivity contribution < 1.29 is 4.74 Å². The number of nitrogens with one attached hydrogen (secondary N) is 1. The van der Waals surface area contributed by atoms with Gasteiger partial charge in [-0.1, -0.05) is 31.5 Å². The zero-order valence-corrected chi connectivity index (χ0v) is 13.3. The van der Waals surface area contributed by atoms with Gasteiger partial charge < -0.3 is 10.1 Å². The summed E-state index contributed by atoms with van der Waals surface area (Å²) in [7, 11) is 0. The second kappa shape index (κ2) is 7.66. The Morgan fingerprint density at radius 3 is 2.16 bits per heavy atom. The molecule has 0 aliphatic rings. The van der Waals surface area contributed by atoms with Crippen LogP contribution in [0.1, 0.15) is 49.1 Å². The van der Waals surface area contributed by atoms with Crippen LogP contribution in [0.2, 0.25) is 0 Å². The second-order valence-corrected chi connectivity index (χ2v) is 5.96. The van der Waals surface area contributed by atoms with Gasteiger partial charge in [0.25, 0.3) is 0 Å². The molecule has 0 aliphatic heterocycles. The van der Waals surface area contributed by atoms with Gasteiger partial charge in [-0.25, -0.2) is 0 Å². The highest BCUT2D eigenvalue weighted by Gasteiger charge is 2.11. The number of aryl methyl sites for hydroxylation is 3. The summed E-state index contributed by atoms with van der Waals surface area (Å²) in [5.74, 6) is 0.610. The van der Waals surface area contributed by atoms with Crippen LogP contribution in [0.25, 0.3) is 0 Å². The molecule has 1 unspecified atom stereocenters. The molecule has 0 radical (unpaired) electrons. The quantitative estimate of drug-likeness (QED) is 0.752. The lowest BCUT2D eigenvalue weighted by Gasteiger charge is -2.20. The normalized spacial score (nSPS) is 13.0. The molecule has 0 aliphatic carbocycles. The van der Waals surface area contributed by atoms with Crippen molar-refractivity contribution in [3.05, 3.63) is 34.4 Å². The molecule has 0 amide bonds. The molecule has 0 bridgehead atoms. The van der Waals surface area contributed by atoms with Crippen molar-refractivity contribution in [3.63, 3.8) is 0 Å². The Bertz CT molecular complexity index is 375. The third-order valence-electron chi connectivity index (χ3n) is 3.32. The molecule has 0 saturated heterocycles. The summed E-state index contributed by atoms with van der Waals surface area (Å²) in [6.45, 7) is 15.7. The highest BCUT2D eigenvalue weighted by Crippen LogP contribution is 2.23. The van der Waals surface area contributed by atoms with Gasteiger partial charge in [-0.15, -0.1) is 0 Å². The number of rotatable bonds is 7. The van der Waals surface area contributed by atoms with Crippen LogP contribution in [0.4, 0.5) is 0 Å². The van der Waals surface area contributed by atoms with Crippen molar-refractivity contribution in [2.45, 2.75) is 47.6 Å². The van der Waals surface area contributed by atoms with Crippen LogP contribution in [0.15, 0.2) is 12.1 Å². The first kappa shape index (κ1) is 16.2. The smallest absolute Gasteiger partial charge is 0.0591 e. The van der Waals surface area contributed by atoms with Gasteiger partial charge in [0.1, 0.15) is 0 Å². The first-order valence-corrected chi connectivity index (χ1v) is 7.30. The number of benzene rings is 1. The number of hydrogen-bond acceptors (Lipinski definition) is 2. The maximum absolute atomic E-state index is 5.60. The molecule has 0 heterocycles. The number of ether oxygens (including phenoxy) is 1. The lowest BCUT2D eigenvalue weighted by molar-refractivity contribution is 0.110. The zero-order chi connectivity index (χ0) is 14.4. The van der Waals surface area contributed by atoms with E-state index in [9.17, 15) is 0 Å². The number of hydrogen-bond donors (Lipinski definition) is 1. The van der Waals surface area contributed by atoms with E-state index in [4.69, 9.17) is 4.74 Å². The van der Waals surface area contributed by atoms with Gasteiger partial charge in [-0.2, -0.15) is 0 Å². The Hall–Kier alpha value is -0.860. The molecule has 1 rings (SSSR count). The molecule has 1 aromatic carbocycles. The van der Waals surface area contributed by atoms with Gasteiger partial charge in [0.15, 0.2) is 0 Å². The molecule has 19 heavy (non-hydrogen) atoms. The third kappa shape index (κ3) is 5.33. The molecule has 0 fully saturated rings. The Morgan fingerprint density at radius 2 is 1.63 bits per heavy atom. The molecule has 2 nitrogen and oxygen atoms in total. The predicted molar refractivity (Wildman–Crippen MR) is 82.7 cm³/mol. The zero-order valence-electron chi connectivity index (χ0n) is 13.3. The van der Waals surface area contributed by atoms with Crippen LogP contribution in [0.3, 0.4) is 0 Å². The Labute approximate surface area is 118 Å². The van der Waals surface area contributed by atoms with Crippen molar-refractivity contribution in [1.29, 1.82) is 0 Å². The minimum absolute atomic E-state index is 0.378. The van der Waals surface area contributed by atoms with Gasteiger partial charge in [0.05, 0.1) is 6.61 Å². The van der Waals surface area contributed by atoms with Gasteiger partial charge in [-0.05, 0) is 50.3 Å². The minimum atomic E-state index is 0.378. The predicted octanol–water partition coefficient (Wildman–Crippen LogP) is 3.94. The molecule has 0 saturated carbocycles. The average molecular weight is 263 g/mol.